The summed E-state index contributed by atoms with van der Waals surface area (Å²) in [6.07, 6.45) is 1.78. The highest BCUT2D eigenvalue weighted by Crippen LogP contribution is 2.14. The molecule has 1 N–H and O–H groups in total. The quantitative estimate of drug-likeness (QED) is 0.727. The summed E-state index contributed by atoms with van der Waals surface area (Å²) >= 11 is 0. The second-order valence-electron chi connectivity index (χ2n) is 4.94. The van der Waals surface area contributed by atoms with Gasteiger partial charge in [0.15, 0.2) is 0 Å². The molecule has 0 unspecified atom stereocenters. The van der Waals surface area contributed by atoms with Crippen molar-refractivity contribution in [1.29, 1.82) is 0 Å². The Hall–Kier alpha value is -2.73. The highest BCUT2D eigenvalue weighted by atomic mass is 15.1. The van der Waals surface area contributed by atoms with Crippen LogP contribution in [0.25, 0.3) is 11.0 Å². The number of H-pyrrole nitrogens is 1. The molecular weight excluding hydrogens is 258 g/mol. The lowest BCUT2D eigenvalue weighted by Gasteiger charge is -2.16. The predicted molar refractivity (Wildman–Crippen MR) is 87.5 cm³/mol. The molecule has 2 aromatic heterocycles. The molecule has 0 aliphatic carbocycles. The summed E-state index contributed by atoms with van der Waals surface area (Å²) < 4.78 is 0. The monoisotopic (exact) mass is 275 g/mol. The van der Waals surface area contributed by atoms with Crippen LogP contribution >= 0.6 is 0 Å². The van der Waals surface area contributed by atoms with Crippen LogP contribution < -0.4 is 4.90 Å². The van der Waals surface area contributed by atoms with Crippen LogP contribution in [0.15, 0.2) is 48.7 Å². The third kappa shape index (κ3) is 2.90. The van der Waals surface area contributed by atoms with Crippen molar-refractivity contribution >= 4 is 16.7 Å². The Labute approximate surface area is 124 Å². The van der Waals surface area contributed by atoms with Gasteiger partial charge in [-0.05, 0) is 55.3 Å². The molecule has 2 heterocycles. The molecule has 0 fully saturated rings. The Morgan fingerprint density at radius 3 is 2.67 bits per heavy atom. The molecule has 0 aliphatic heterocycles. The Morgan fingerprint density at radius 2 is 1.95 bits per heavy atom. The molecule has 0 bridgehead atoms. The third-order valence-corrected chi connectivity index (χ3v) is 3.52. The van der Waals surface area contributed by atoms with Crippen LogP contribution in [0.4, 0.5) is 5.69 Å². The fourth-order valence-corrected chi connectivity index (χ4v) is 2.15. The maximum atomic E-state index is 4.27. The Bertz CT molecular complexity index is 771. The highest BCUT2D eigenvalue weighted by molar-refractivity contribution is 5.77. The van der Waals surface area contributed by atoms with Crippen molar-refractivity contribution in [2.45, 2.75) is 6.92 Å². The fraction of sp³-hybridized carbons (Fsp3) is 0.167. The van der Waals surface area contributed by atoms with Crippen molar-refractivity contribution in [2.75, 3.05) is 18.5 Å². The van der Waals surface area contributed by atoms with Crippen LogP contribution in [0.2, 0.25) is 0 Å². The van der Waals surface area contributed by atoms with E-state index in [1.165, 1.54) is 5.69 Å². The van der Waals surface area contributed by atoms with E-state index in [2.05, 4.69) is 64.9 Å². The molecular formula is C18H17N3. The lowest BCUT2D eigenvalue weighted by atomic mass is 10.2. The minimum Gasteiger partial charge on any atom is -0.375 e. The summed E-state index contributed by atoms with van der Waals surface area (Å²) in [5.41, 5.74) is 3.98. The molecule has 0 radical (unpaired) electrons. The van der Waals surface area contributed by atoms with Crippen molar-refractivity contribution in [3.63, 3.8) is 0 Å². The first kappa shape index (κ1) is 13.3. The van der Waals surface area contributed by atoms with Gasteiger partial charge in [0.2, 0.25) is 0 Å². The number of pyridine rings is 1. The zero-order valence-electron chi connectivity index (χ0n) is 12.2. The standard InChI is InChI=1S/C18H17N3/c1-3-21(2)17-10-7-14(8-11-17)6-9-16-13-15-5-4-12-19-18(15)20-16/h4-5,7-8,10-13H,3H2,1-2H3,(H,19,20). The molecule has 21 heavy (non-hydrogen) atoms. The van der Waals surface area contributed by atoms with Crippen molar-refractivity contribution in [3.05, 3.63) is 59.9 Å². The van der Waals surface area contributed by atoms with Crippen LogP contribution in [0.5, 0.6) is 0 Å². The van der Waals surface area contributed by atoms with E-state index >= 15 is 0 Å². The summed E-state index contributed by atoms with van der Waals surface area (Å²) in [5.74, 6) is 6.33. The molecule has 3 heteroatoms. The third-order valence-electron chi connectivity index (χ3n) is 3.52. The number of nitrogens with one attached hydrogen (secondary N) is 1. The van der Waals surface area contributed by atoms with E-state index in [9.17, 15) is 0 Å². The van der Waals surface area contributed by atoms with Gasteiger partial charge in [0.05, 0.1) is 5.69 Å². The van der Waals surface area contributed by atoms with Gasteiger partial charge in [0.1, 0.15) is 5.65 Å². The van der Waals surface area contributed by atoms with Crippen LogP contribution in [0, 0.1) is 11.8 Å². The molecule has 3 rings (SSSR count). The average Bonchev–Trinajstić information content (AvgIpc) is 2.95. The van der Waals surface area contributed by atoms with E-state index in [0.29, 0.717) is 0 Å². The first-order chi connectivity index (χ1) is 10.3. The van der Waals surface area contributed by atoms with E-state index in [-0.39, 0.29) is 0 Å². The Balaban J connectivity index is 1.83. The highest BCUT2D eigenvalue weighted by Gasteiger charge is 1.98. The lowest BCUT2D eigenvalue weighted by Crippen LogP contribution is -2.15. The average molecular weight is 275 g/mol. The minimum absolute atomic E-state index is 0.877. The number of aromatic nitrogens is 2. The summed E-state index contributed by atoms with van der Waals surface area (Å²) in [6, 6.07) is 14.3. The molecule has 0 spiro atoms. The zero-order chi connectivity index (χ0) is 14.7. The van der Waals surface area contributed by atoms with E-state index in [4.69, 9.17) is 0 Å². The van der Waals surface area contributed by atoms with Gasteiger partial charge in [-0.2, -0.15) is 0 Å². The minimum atomic E-state index is 0.877. The number of rotatable bonds is 2. The molecule has 3 nitrogen and oxygen atoms in total. The van der Waals surface area contributed by atoms with E-state index in [0.717, 1.165) is 28.8 Å². The van der Waals surface area contributed by atoms with Crippen molar-refractivity contribution < 1.29 is 0 Å². The number of hydrogen-bond donors (Lipinski definition) is 1. The van der Waals surface area contributed by atoms with Gasteiger partial charge >= 0.3 is 0 Å². The van der Waals surface area contributed by atoms with Crippen LogP contribution in [-0.4, -0.2) is 23.6 Å². The van der Waals surface area contributed by atoms with Gasteiger partial charge in [0.25, 0.3) is 0 Å². The second kappa shape index (κ2) is 5.72. The molecule has 0 saturated heterocycles. The van der Waals surface area contributed by atoms with Crippen LogP contribution in [-0.2, 0) is 0 Å². The van der Waals surface area contributed by atoms with Crippen LogP contribution in [0.3, 0.4) is 0 Å². The summed E-state index contributed by atoms with van der Waals surface area (Å²) in [7, 11) is 2.08. The summed E-state index contributed by atoms with van der Waals surface area (Å²) in [5, 5.41) is 1.08. The van der Waals surface area contributed by atoms with Gasteiger partial charge < -0.3 is 9.88 Å². The maximum absolute atomic E-state index is 4.27. The van der Waals surface area contributed by atoms with Crippen molar-refractivity contribution in [3.8, 4) is 11.8 Å². The number of hydrogen-bond acceptors (Lipinski definition) is 2. The predicted octanol–water partition coefficient (Wildman–Crippen LogP) is 3.42. The Morgan fingerprint density at radius 1 is 1.14 bits per heavy atom. The van der Waals surface area contributed by atoms with Gasteiger partial charge in [0, 0.05) is 36.4 Å². The largest absolute Gasteiger partial charge is 0.375 e. The summed E-state index contributed by atoms with van der Waals surface area (Å²) in [4.78, 5) is 9.68. The van der Waals surface area contributed by atoms with Gasteiger partial charge in [-0.25, -0.2) is 4.98 Å². The number of nitrogens with zero attached hydrogens (tertiary/aromatic N) is 2. The lowest BCUT2D eigenvalue weighted by molar-refractivity contribution is 0.968. The van der Waals surface area contributed by atoms with Gasteiger partial charge in [-0.1, -0.05) is 5.92 Å². The first-order valence-corrected chi connectivity index (χ1v) is 7.03. The Kier molecular flexibility index (Phi) is 3.61. The number of fused-ring (bicyclic) bond motifs is 1. The molecule has 0 aliphatic rings. The number of anilines is 1. The molecule has 0 atom stereocenters. The molecule has 3 aromatic rings. The van der Waals surface area contributed by atoms with E-state index < -0.39 is 0 Å². The SMILES string of the molecule is CCN(C)c1ccc(C#Cc2cc3cccnc3[nH]2)cc1. The topological polar surface area (TPSA) is 31.9 Å². The zero-order valence-corrected chi connectivity index (χ0v) is 12.2. The first-order valence-electron chi connectivity index (χ1n) is 7.03. The molecule has 104 valence electrons. The number of aromatic amines is 1. The second-order valence-corrected chi connectivity index (χ2v) is 4.94. The fourth-order valence-electron chi connectivity index (χ4n) is 2.15. The van der Waals surface area contributed by atoms with Crippen molar-refractivity contribution in [2.24, 2.45) is 0 Å². The summed E-state index contributed by atoms with van der Waals surface area (Å²) in [6.45, 7) is 3.13. The van der Waals surface area contributed by atoms with Gasteiger partial charge in [-0.15, -0.1) is 0 Å². The van der Waals surface area contributed by atoms with E-state index in [1.807, 2.05) is 18.2 Å². The molecule has 0 amide bonds. The van der Waals surface area contributed by atoms with Crippen molar-refractivity contribution in [1.82, 2.24) is 9.97 Å². The van der Waals surface area contributed by atoms with Gasteiger partial charge in [-0.3, -0.25) is 0 Å². The molecule has 1 aromatic carbocycles. The normalized spacial score (nSPS) is 10.2. The van der Waals surface area contributed by atoms with E-state index in [1.54, 1.807) is 6.20 Å². The van der Waals surface area contributed by atoms with Crippen LogP contribution in [0.1, 0.15) is 18.2 Å². The maximum Gasteiger partial charge on any atom is 0.138 e. The molecule has 0 saturated carbocycles. The number of benzene rings is 1. The smallest absolute Gasteiger partial charge is 0.138 e.